The zero-order chi connectivity index (χ0) is 14.3. The number of hydrogen-bond acceptors (Lipinski definition) is 3. The Kier molecular flexibility index (Phi) is 6.08. The van der Waals surface area contributed by atoms with Crippen LogP contribution in [0.4, 0.5) is 4.79 Å². The van der Waals surface area contributed by atoms with Gasteiger partial charge in [0.2, 0.25) is 0 Å². The molecule has 1 heterocycles. The Balaban J connectivity index is 2.42. The van der Waals surface area contributed by atoms with Crippen molar-refractivity contribution in [2.45, 2.75) is 45.1 Å². The summed E-state index contributed by atoms with van der Waals surface area (Å²) in [6.07, 6.45) is 2.60. The third kappa shape index (κ3) is 4.38. The van der Waals surface area contributed by atoms with Crippen molar-refractivity contribution in [2.75, 3.05) is 19.8 Å². The maximum Gasteiger partial charge on any atom is 0.329 e. The van der Waals surface area contributed by atoms with Gasteiger partial charge in [0.25, 0.3) is 0 Å². The van der Waals surface area contributed by atoms with E-state index in [9.17, 15) is 14.7 Å². The summed E-state index contributed by atoms with van der Waals surface area (Å²) < 4.78 is 5.25. The summed E-state index contributed by atoms with van der Waals surface area (Å²) in [6.45, 7) is 5.55. The van der Waals surface area contributed by atoms with E-state index < -0.39 is 17.5 Å². The van der Waals surface area contributed by atoms with Crippen LogP contribution in [0.1, 0.15) is 39.5 Å². The molecule has 1 saturated heterocycles. The summed E-state index contributed by atoms with van der Waals surface area (Å²) >= 11 is 0. The largest absolute Gasteiger partial charge is 0.480 e. The Morgan fingerprint density at radius 1 is 1.26 bits per heavy atom. The highest BCUT2D eigenvalue weighted by atomic mass is 16.5. The first kappa shape index (κ1) is 15.8. The van der Waals surface area contributed by atoms with Crippen LogP contribution < -0.4 is 10.6 Å². The molecule has 6 heteroatoms. The molecule has 6 nitrogen and oxygen atoms in total. The number of carboxylic acid groups (broad SMARTS) is 1. The molecule has 110 valence electrons. The predicted molar refractivity (Wildman–Crippen MR) is 71.0 cm³/mol. The van der Waals surface area contributed by atoms with Gasteiger partial charge >= 0.3 is 12.0 Å². The van der Waals surface area contributed by atoms with Gasteiger partial charge in [-0.15, -0.1) is 0 Å². The molecule has 0 atom stereocenters. The molecule has 0 aromatic heterocycles. The van der Waals surface area contributed by atoms with E-state index in [1.54, 1.807) is 13.8 Å². The Bertz CT molecular complexity index is 310. The van der Waals surface area contributed by atoms with Crippen molar-refractivity contribution < 1.29 is 19.4 Å². The van der Waals surface area contributed by atoms with E-state index in [1.807, 2.05) is 0 Å². The van der Waals surface area contributed by atoms with Crippen LogP contribution in [0.15, 0.2) is 0 Å². The fourth-order valence-electron chi connectivity index (χ4n) is 2.23. The minimum absolute atomic E-state index is 0.365. The maximum atomic E-state index is 11.8. The Morgan fingerprint density at radius 3 is 2.32 bits per heavy atom. The second-order valence-corrected chi connectivity index (χ2v) is 4.99. The SMILES string of the molecule is CCC(CC)(NC(=O)NCC1CCOCC1)C(=O)O. The molecule has 0 aromatic rings. The molecule has 19 heavy (non-hydrogen) atoms. The fourth-order valence-corrected chi connectivity index (χ4v) is 2.23. The Hall–Kier alpha value is -1.30. The van der Waals surface area contributed by atoms with Crippen LogP contribution in [0, 0.1) is 5.92 Å². The lowest BCUT2D eigenvalue weighted by atomic mass is 9.93. The molecule has 0 radical (unpaired) electrons. The first-order valence-corrected chi connectivity index (χ1v) is 6.91. The van der Waals surface area contributed by atoms with Gasteiger partial charge in [-0.2, -0.15) is 0 Å². The van der Waals surface area contributed by atoms with Crippen molar-refractivity contribution in [3.8, 4) is 0 Å². The van der Waals surface area contributed by atoms with E-state index in [1.165, 1.54) is 0 Å². The summed E-state index contributed by atoms with van der Waals surface area (Å²) in [7, 11) is 0. The predicted octanol–water partition coefficient (Wildman–Crippen LogP) is 1.36. The van der Waals surface area contributed by atoms with Crippen LogP contribution in [0.5, 0.6) is 0 Å². The maximum absolute atomic E-state index is 11.8. The van der Waals surface area contributed by atoms with E-state index in [0.717, 1.165) is 26.1 Å². The summed E-state index contributed by atoms with van der Waals surface area (Å²) in [4.78, 5) is 23.1. The summed E-state index contributed by atoms with van der Waals surface area (Å²) in [5.74, 6) is -0.569. The standard InChI is InChI=1S/C13H24N2O4/c1-3-13(4-2,11(16)17)15-12(18)14-9-10-5-7-19-8-6-10/h10H,3-9H2,1-2H3,(H,16,17)(H2,14,15,18). The minimum atomic E-state index is -1.17. The zero-order valence-electron chi connectivity index (χ0n) is 11.7. The number of rotatable bonds is 6. The number of carbonyl (C=O) groups is 2. The highest BCUT2D eigenvalue weighted by Gasteiger charge is 2.36. The van der Waals surface area contributed by atoms with Crippen LogP contribution in [-0.4, -0.2) is 42.4 Å². The number of ether oxygens (including phenoxy) is 1. The number of urea groups is 1. The number of carbonyl (C=O) groups excluding carboxylic acids is 1. The average molecular weight is 272 g/mol. The zero-order valence-corrected chi connectivity index (χ0v) is 11.7. The highest BCUT2D eigenvalue weighted by molar-refractivity contribution is 5.86. The highest BCUT2D eigenvalue weighted by Crippen LogP contribution is 2.16. The molecule has 0 unspecified atom stereocenters. The molecular weight excluding hydrogens is 248 g/mol. The molecule has 1 rings (SSSR count). The van der Waals surface area contributed by atoms with Gasteiger partial charge in [-0.1, -0.05) is 13.8 Å². The molecule has 1 fully saturated rings. The van der Waals surface area contributed by atoms with E-state index in [-0.39, 0.29) is 0 Å². The number of nitrogens with one attached hydrogen (secondary N) is 2. The van der Waals surface area contributed by atoms with Crippen LogP contribution in [-0.2, 0) is 9.53 Å². The molecule has 1 aliphatic heterocycles. The van der Waals surface area contributed by atoms with Gasteiger partial charge < -0.3 is 20.5 Å². The smallest absolute Gasteiger partial charge is 0.329 e. The number of amides is 2. The van der Waals surface area contributed by atoms with E-state index in [0.29, 0.717) is 25.3 Å². The number of aliphatic carboxylic acids is 1. The number of hydrogen-bond donors (Lipinski definition) is 3. The molecule has 3 N–H and O–H groups in total. The van der Waals surface area contributed by atoms with Gasteiger partial charge in [0.15, 0.2) is 0 Å². The second kappa shape index (κ2) is 7.33. The Morgan fingerprint density at radius 2 is 1.84 bits per heavy atom. The first-order chi connectivity index (χ1) is 9.04. The molecule has 0 spiro atoms. The summed E-state index contributed by atoms with van der Waals surface area (Å²) in [5.41, 5.74) is -1.17. The van der Waals surface area contributed by atoms with Gasteiger partial charge in [-0.25, -0.2) is 9.59 Å². The van der Waals surface area contributed by atoms with E-state index in [2.05, 4.69) is 10.6 Å². The third-order valence-electron chi connectivity index (χ3n) is 3.86. The van der Waals surface area contributed by atoms with Crippen molar-refractivity contribution in [1.82, 2.24) is 10.6 Å². The van der Waals surface area contributed by atoms with E-state index in [4.69, 9.17) is 4.74 Å². The molecule has 0 aliphatic carbocycles. The topological polar surface area (TPSA) is 87.7 Å². The van der Waals surface area contributed by atoms with Crippen molar-refractivity contribution in [3.05, 3.63) is 0 Å². The molecule has 0 saturated carbocycles. The molecule has 0 aromatic carbocycles. The van der Waals surface area contributed by atoms with Crippen LogP contribution in [0.3, 0.4) is 0 Å². The van der Waals surface area contributed by atoms with Crippen molar-refractivity contribution in [1.29, 1.82) is 0 Å². The van der Waals surface area contributed by atoms with Crippen LogP contribution in [0.25, 0.3) is 0 Å². The van der Waals surface area contributed by atoms with Crippen molar-refractivity contribution in [2.24, 2.45) is 5.92 Å². The lowest BCUT2D eigenvalue weighted by molar-refractivity contribution is -0.144. The lowest BCUT2D eigenvalue weighted by Gasteiger charge is -2.29. The average Bonchev–Trinajstić information content (AvgIpc) is 2.43. The molecule has 0 bridgehead atoms. The normalized spacial score (nSPS) is 16.9. The first-order valence-electron chi connectivity index (χ1n) is 6.91. The third-order valence-corrected chi connectivity index (χ3v) is 3.86. The lowest BCUT2D eigenvalue weighted by Crippen LogP contribution is -2.57. The quantitative estimate of drug-likeness (QED) is 0.681. The minimum Gasteiger partial charge on any atom is -0.480 e. The van der Waals surface area contributed by atoms with Crippen molar-refractivity contribution >= 4 is 12.0 Å². The van der Waals surface area contributed by atoms with Crippen LogP contribution >= 0.6 is 0 Å². The second-order valence-electron chi connectivity index (χ2n) is 4.99. The number of carboxylic acids is 1. The Labute approximate surface area is 113 Å². The van der Waals surface area contributed by atoms with Gasteiger partial charge in [0.1, 0.15) is 5.54 Å². The van der Waals surface area contributed by atoms with Gasteiger partial charge in [-0.3, -0.25) is 0 Å². The fraction of sp³-hybridized carbons (Fsp3) is 0.846. The summed E-state index contributed by atoms with van der Waals surface area (Å²) in [5, 5.41) is 14.6. The molecule has 1 aliphatic rings. The molecule has 2 amide bonds. The van der Waals surface area contributed by atoms with Gasteiger partial charge in [-0.05, 0) is 31.6 Å². The summed E-state index contributed by atoms with van der Waals surface area (Å²) in [6, 6.07) is -0.405. The van der Waals surface area contributed by atoms with Gasteiger partial charge in [0.05, 0.1) is 0 Å². The van der Waals surface area contributed by atoms with Crippen LogP contribution in [0.2, 0.25) is 0 Å². The van der Waals surface area contributed by atoms with Gasteiger partial charge in [0, 0.05) is 19.8 Å². The van der Waals surface area contributed by atoms with E-state index >= 15 is 0 Å². The monoisotopic (exact) mass is 272 g/mol. The molecular formula is C13H24N2O4. The van der Waals surface area contributed by atoms with Crippen molar-refractivity contribution in [3.63, 3.8) is 0 Å².